The maximum Gasteiger partial charge on any atom is 0.345 e. The van der Waals surface area contributed by atoms with E-state index >= 15 is 0 Å². The van der Waals surface area contributed by atoms with E-state index in [1.54, 1.807) is 6.07 Å². The van der Waals surface area contributed by atoms with Crippen LogP contribution < -0.4 is 0 Å². The van der Waals surface area contributed by atoms with Crippen molar-refractivity contribution in [1.82, 2.24) is 0 Å². The van der Waals surface area contributed by atoms with Crippen LogP contribution in [-0.4, -0.2) is 22.2 Å². The molecule has 0 unspecified atom stereocenters. The fourth-order valence-electron chi connectivity index (χ4n) is 0.711. The van der Waals surface area contributed by atoms with Gasteiger partial charge >= 0.3 is 11.9 Å². The first-order valence-electron chi connectivity index (χ1n) is 3.34. The van der Waals surface area contributed by atoms with E-state index in [0.717, 1.165) is 17.4 Å². The Balaban J connectivity index is 2.80. The molecule has 0 radical (unpaired) electrons. The average Bonchev–Trinajstić information content (AvgIpc) is 2.48. The minimum absolute atomic E-state index is 0.199. The van der Waals surface area contributed by atoms with Crippen LogP contribution >= 0.6 is 11.3 Å². The maximum absolute atomic E-state index is 10.4. The van der Waals surface area contributed by atoms with Gasteiger partial charge in [0.15, 0.2) is 0 Å². The van der Waals surface area contributed by atoms with E-state index in [9.17, 15) is 9.59 Å². The Bertz CT molecular complexity index is 364. The zero-order valence-corrected chi connectivity index (χ0v) is 7.25. The fraction of sp³-hybridized carbons (Fsp3) is 0. The van der Waals surface area contributed by atoms with Gasteiger partial charge in [-0.15, -0.1) is 11.3 Å². The van der Waals surface area contributed by atoms with E-state index < -0.39 is 11.9 Å². The Morgan fingerprint density at radius 1 is 1.31 bits per heavy atom. The lowest BCUT2D eigenvalue weighted by atomic mass is 10.4. The molecule has 0 aliphatic heterocycles. The monoisotopic (exact) mass is 198 g/mol. The summed E-state index contributed by atoms with van der Waals surface area (Å²) >= 11 is 1.03. The lowest BCUT2D eigenvalue weighted by molar-refractivity contribution is -0.131. The molecule has 1 rings (SSSR count). The molecule has 0 aliphatic carbocycles. The van der Waals surface area contributed by atoms with Crippen LogP contribution in [0.15, 0.2) is 18.2 Å². The number of carbonyl (C=O) groups is 2. The predicted octanol–water partition coefficient (Wildman–Crippen LogP) is 1.54. The normalized spacial score (nSPS) is 10.5. The van der Waals surface area contributed by atoms with E-state index in [1.807, 2.05) is 0 Å². The van der Waals surface area contributed by atoms with Crippen LogP contribution in [0, 0.1) is 0 Å². The van der Waals surface area contributed by atoms with Crippen molar-refractivity contribution in [3.8, 4) is 0 Å². The van der Waals surface area contributed by atoms with E-state index in [0.29, 0.717) is 4.88 Å². The Morgan fingerprint density at radius 2 is 2.00 bits per heavy atom. The lowest BCUT2D eigenvalue weighted by Gasteiger charge is -1.82. The van der Waals surface area contributed by atoms with Gasteiger partial charge in [-0.05, 0) is 18.2 Å². The van der Waals surface area contributed by atoms with Gasteiger partial charge in [0.1, 0.15) is 4.88 Å². The van der Waals surface area contributed by atoms with E-state index in [4.69, 9.17) is 10.2 Å². The van der Waals surface area contributed by atoms with Gasteiger partial charge in [-0.3, -0.25) is 0 Å². The van der Waals surface area contributed by atoms with Gasteiger partial charge in [-0.25, -0.2) is 9.59 Å². The second-order valence-electron chi connectivity index (χ2n) is 2.18. The summed E-state index contributed by atoms with van der Waals surface area (Å²) in [5, 5.41) is 16.8. The van der Waals surface area contributed by atoms with Crippen molar-refractivity contribution in [2.45, 2.75) is 0 Å². The number of aliphatic carboxylic acids is 1. The van der Waals surface area contributed by atoms with Gasteiger partial charge in [0.05, 0.1) is 0 Å². The Hall–Kier alpha value is -1.62. The smallest absolute Gasteiger partial charge is 0.345 e. The van der Waals surface area contributed by atoms with Crippen molar-refractivity contribution in [1.29, 1.82) is 0 Å². The van der Waals surface area contributed by atoms with E-state index in [-0.39, 0.29) is 4.88 Å². The molecule has 1 heterocycles. The largest absolute Gasteiger partial charge is 0.478 e. The van der Waals surface area contributed by atoms with Gasteiger partial charge in [0.2, 0.25) is 0 Å². The van der Waals surface area contributed by atoms with Crippen LogP contribution in [0.1, 0.15) is 14.5 Å². The number of carboxylic acid groups (broad SMARTS) is 2. The topological polar surface area (TPSA) is 74.6 Å². The first-order chi connectivity index (χ1) is 6.09. The fourth-order valence-corrected chi connectivity index (χ4v) is 1.46. The molecule has 0 bridgehead atoms. The molecule has 0 spiro atoms. The van der Waals surface area contributed by atoms with Gasteiger partial charge < -0.3 is 10.2 Å². The van der Waals surface area contributed by atoms with E-state index in [2.05, 4.69) is 0 Å². The zero-order valence-electron chi connectivity index (χ0n) is 6.43. The average molecular weight is 198 g/mol. The molecule has 13 heavy (non-hydrogen) atoms. The van der Waals surface area contributed by atoms with Crippen molar-refractivity contribution in [3.05, 3.63) is 28.0 Å². The maximum atomic E-state index is 10.4. The lowest BCUT2D eigenvalue weighted by Crippen LogP contribution is -1.89. The zero-order chi connectivity index (χ0) is 9.84. The number of carboxylic acids is 2. The highest BCUT2D eigenvalue weighted by molar-refractivity contribution is 7.14. The standard InChI is InChI=1S/C8H6O4S/c9-7(10)4-2-5-1-3-6(13-5)8(11)12/h1-4H,(H,9,10)(H,11,12)/b4-2+. The molecule has 1 aromatic rings. The summed E-state index contributed by atoms with van der Waals surface area (Å²) in [5.41, 5.74) is 0. The first-order valence-corrected chi connectivity index (χ1v) is 4.15. The Kier molecular flexibility index (Phi) is 2.81. The molecule has 0 aliphatic rings. The second kappa shape index (κ2) is 3.86. The quantitative estimate of drug-likeness (QED) is 0.722. The van der Waals surface area contributed by atoms with Crippen molar-refractivity contribution < 1.29 is 19.8 Å². The molecule has 0 amide bonds. The van der Waals surface area contributed by atoms with Crippen LogP contribution in [0.2, 0.25) is 0 Å². The van der Waals surface area contributed by atoms with Gasteiger partial charge in [-0.1, -0.05) is 0 Å². The van der Waals surface area contributed by atoms with Gasteiger partial charge in [0.25, 0.3) is 0 Å². The Labute approximate surface area is 77.8 Å². The van der Waals surface area contributed by atoms with Crippen LogP contribution in [-0.2, 0) is 4.79 Å². The van der Waals surface area contributed by atoms with Crippen molar-refractivity contribution >= 4 is 29.4 Å². The number of hydrogen-bond donors (Lipinski definition) is 2. The molecule has 5 heteroatoms. The number of aromatic carboxylic acids is 1. The van der Waals surface area contributed by atoms with Crippen molar-refractivity contribution in [2.75, 3.05) is 0 Å². The Morgan fingerprint density at radius 3 is 2.46 bits per heavy atom. The highest BCUT2D eigenvalue weighted by atomic mass is 32.1. The SMILES string of the molecule is O=C(O)/C=C/c1ccc(C(=O)O)s1. The number of thiophene rings is 1. The summed E-state index contributed by atoms with van der Waals surface area (Å²) in [7, 11) is 0. The van der Waals surface area contributed by atoms with Crippen LogP contribution in [0.4, 0.5) is 0 Å². The second-order valence-corrected chi connectivity index (χ2v) is 3.29. The summed E-state index contributed by atoms with van der Waals surface area (Å²) in [6.07, 6.45) is 2.33. The number of rotatable bonds is 3. The van der Waals surface area contributed by atoms with Crippen molar-refractivity contribution in [3.63, 3.8) is 0 Å². The highest BCUT2D eigenvalue weighted by Gasteiger charge is 2.04. The summed E-state index contributed by atoms with van der Waals surface area (Å²) in [6, 6.07) is 3.00. The first kappa shape index (κ1) is 9.47. The molecule has 0 saturated heterocycles. The van der Waals surface area contributed by atoms with Crippen LogP contribution in [0.5, 0.6) is 0 Å². The summed E-state index contributed by atoms with van der Waals surface area (Å²) in [6.45, 7) is 0. The molecule has 0 aromatic carbocycles. The van der Waals surface area contributed by atoms with Crippen LogP contribution in [0.3, 0.4) is 0 Å². The predicted molar refractivity (Wildman–Crippen MR) is 47.9 cm³/mol. The highest BCUT2D eigenvalue weighted by Crippen LogP contribution is 2.17. The third-order valence-corrected chi connectivity index (χ3v) is 2.27. The molecule has 0 fully saturated rings. The molecular weight excluding hydrogens is 192 g/mol. The van der Waals surface area contributed by atoms with Crippen molar-refractivity contribution in [2.24, 2.45) is 0 Å². The van der Waals surface area contributed by atoms with Gasteiger partial charge in [-0.2, -0.15) is 0 Å². The molecular formula is C8H6O4S. The molecule has 68 valence electrons. The van der Waals surface area contributed by atoms with Crippen LogP contribution in [0.25, 0.3) is 6.08 Å². The molecule has 0 saturated carbocycles. The minimum atomic E-state index is -1.05. The summed E-state index contributed by atoms with van der Waals surface area (Å²) < 4.78 is 0. The number of hydrogen-bond acceptors (Lipinski definition) is 3. The third-order valence-electron chi connectivity index (χ3n) is 1.23. The molecule has 2 N–H and O–H groups in total. The van der Waals surface area contributed by atoms with Gasteiger partial charge in [0, 0.05) is 11.0 Å². The molecule has 0 atom stereocenters. The van der Waals surface area contributed by atoms with E-state index in [1.165, 1.54) is 12.1 Å². The summed E-state index contributed by atoms with van der Waals surface area (Å²) in [4.78, 5) is 21.3. The third kappa shape index (κ3) is 2.72. The molecule has 1 aromatic heterocycles. The minimum Gasteiger partial charge on any atom is -0.478 e. The molecule has 4 nitrogen and oxygen atoms in total. The summed E-state index contributed by atoms with van der Waals surface area (Å²) in [5.74, 6) is -2.05.